The number of rotatable bonds is 3. The smallest absolute Gasteiger partial charge is 0.335 e. The summed E-state index contributed by atoms with van der Waals surface area (Å²) >= 11 is 6.07. The number of hydrogen-bond acceptors (Lipinski definition) is 3. The molecular formula is C9H9NO2S2. The van der Waals surface area contributed by atoms with Gasteiger partial charge in [-0.2, -0.15) is 0 Å². The second-order valence-corrected chi connectivity index (χ2v) is 4.33. The maximum Gasteiger partial charge on any atom is 0.335 e. The Hall–Kier alpha value is -1.07. The molecule has 0 saturated carbocycles. The summed E-state index contributed by atoms with van der Waals surface area (Å²) in [5, 5.41) is 8.65. The first-order valence-corrected chi connectivity index (χ1v) is 5.23. The summed E-state index contributed by atoms with van der Waals surface area (Å²) in [5.41, 5.74) is 6.61. The van der Waals surface area contributed by atoms with Crippen molar-refractivity contribution in [2.45, 2.75) is 5.75 Å². The molecule has 74 valence electrons. The minimum atomic E-state index is -0.918. The third-order valence-corrected chi connectivity index (χ3v) is 2.70. The minimum absolute atomic E-state index is 0.286. The first kappa shape index (κ1) is 11.0. The number of aromatic carboxylic acids is 1. The van der Waals surface area contributed by atoms with Gasteiger partial charge in [0.05, 0.1) is 5.56 Å². The summed E-state index contributed by atoms with van der Waals surface area (Å²) in [4.78, 5) is 10.5. The van der Waals surface area contributed by atoms with E-state index >= 15 is 0 Å². The predicted molar refractivity (Wildman–Crippen MR) is 61.5 cm³/mol. The van der Waals surface area contributed by atoms with Crippen LogP contribution in [0.1, 0.15) is 15.9 Å². The Labute approximate surface area is 91.3 Å². The number of thioether (sulfide) groups is 1. The van der Waals surface area contributed by atoms with E-state index in [4.69, 9.17) is 23.1 Å². The van der Waals surface area contributed by atoms with Crippen molar-refractivity contribution in [3.63, 3.8) is 0 Å². The Morgan fingerprint density at radius 2 is 2.00 bits per heavy atom. The molecule has 0 aromatic heterocycles. The minimum Gasteiger partial charge on any atom is -0.478 e. The lowest BCUT2D eigenvalue weighted by Gasteiger charge is -2.00. The molecule has 3 nitrogen and oxygen atoms in total. The van der Waals surface area contributed by atoms with Crippen molar-refractivity contribution in [1.29, 1.82) is 0 Å². The van der Waals surface area contributed by atoms with Crippen LogP contribution in [0.15, 0.2) is 24.3 Å². The van der Waals surface area contributed by atoms with Gasteiger partial charge in [-0.25, -0.2) is 4.79 Å². The molecule has 0 aliphatic heterocycles. The largest absolute Gasteiger partial charge is 0.478 e. The van der Waals surface area contributed by atoms with E-state index in [9.17, 15) is 4.79 Å². The number of carboxylic acid groups (broad SMARTS) is 1. The van der Waals surface area contributed by atoms with Crippen LogP contribution >= 0.6 is 24.0 Å². The summed E-state index contributed by atoms with van der Waals surface area (Å²) < 4.78 is 0.396. The Morgan fingerprint density at radius 3 is 2.43 bits per heavy atom. The van der Waals surface area contributed by atoms with E-state index < -0.39 is 5.97 Å². The Morgan fingerprint density at radius 1 is 1.43 bits per heavy atom. The molecule has 0 amide bonds. The maximum atomic E-state index is 10.5. The molecule has 1 aromatic carbocycles. The SMILES string of the molecule is NC(=S)SCc1ccc(C(=O)O)cc1. The molecule has 5 heteroatoms. The van der Waals surface area contributed by atoms with Crippen LogP contribution in [0.2, 0.25) is 0 Å². The number of benzene rings is 1. The van der Waals surface area contributed by atoms with Crippen LogP contribution < -0.4 is 5.73 Å². The normalized spacial score (nSPS) is 9.71. The van der Waals surface area contributed by atoms with Crippen molar-refractivity contribution >= 4 is 34.3 Å². The molecule has 1 rings (SSSR count). The summed E-state index contributed by atoms with van der Waals surface area (Å²) in [6, 6.07) is 6.65. The van der Waals surface area contributed by atoms with Crippen molar-refractivity contribution in [2.24, 2.45) is 5.73 Å². The topological polar surface area (TPSA) is 63.3 Å². The maximum absolute atomic E-state index is 10.5. The van der Waals surface area contributed by atoms with E-state index in [1.165, 1.54) is 11.8 Å². The highest BCUT2D eigenvalue weighted by Gasteiger charge is 2.01. The van der Waals surface area contributed by atoms with Gasteiger partial charge < -0.3 is 10.8 Å². The lowest BCUT2D eigenvalue weighted by atomic mass is 10.1. The molecule has 0 radical (unpaired) electrons. The third-order valence-electron chi connectivity index (χ3n) is 1.58. The van der Waals surface area contributed by atoms with Crippen LogP contribution in [0, 0.1) is 0 Å². The molecule has 0 unspecified atom stereocenters. The summed E-state index contributed by atoms with van der Waals surface area (Å²) in [6.45, 7) is 0. The molecule has 0 saturated heterocycles. The Bertz CT molecular complexity index is 348. The molecule has 0 aliphatic rings. The second kappa shape index (κ2) is 4.97. The fourth-order valence-electron chi connectivity index (χ4n) is 0.898. The van der Waals surface area contributed by atoms with Gasteiger partial charge in [0, 0.05) is 5.75 Å². The van der Waals surface area contributed by atoms with Gasteiger partial charge in [-0.15, -0.1) is 0 Å². The Balaban J connectivity index is 2.64. The van der Waals surface area contributed by atoms with E-state index in [1.807, 2.05) is 0 Å². The zero-order valence-corrected chi connectivity index (χ0v) is 8.90. The zero-order valence-electron chi connectivity index (χ0n) is 7.27. The van der Waals surface area contributed by atoms with Gasteiger partial charge in [0.1, 0.15) is 4.32 Å². The van der Waals surface area contributed by atoms with Crippen LogP contribution in [0.4, 0.5) is 0 Å². The number of nitrogens with two attached hydrogens (primary N) is 1. The van der Waals surface area contributed by atoms with Crippen LogP contribution in [-0.2, 0) is 5.75 Å². The average Bonchev–Trinajstić information content (AvgIpc) is 2.15. The lowest BCUT2D eigenvalue weighted by molar-refractivity contribution is 0.0697. The summed E-state index contributed by atoms with van der Waals surface area (Å²) in [7, 11) is 0. The van der Waals surface area contributed by atoms with Gasteiger partial charge in [0.25, 0.3) is 0 Å². The van der Waals surface area contributed by atoms with Crippen molar-refractivity contribution in [1.82, 2.24) is 0 Å². The lowest BCUT2D eigenvalue weighted by Crippen LogP contribution is -2.02. The van der Waals surface area contributed by atoms with Gasteiger partial charge in [-0.3, -0.25) is 0 Å². The molecule has 0 heterocycles. The van der Waals surface area contributed by atoms with Gasteiger partial charge >= 0.3 is 5.97 Å². The molecule has 0 fully saturated rings. The van der Waals surface area contributed by atoms with Gasteiger partial charge in [-0.05, 0) is 17.7 Å². The van der Waals surface area contributed by atoms with Crippen molar-refractivity contribution in [3.8, 4) is 0 Å². The van der Waals surface area contributed by atoms with Crippen molar-refractivity contribution in [3.05, 3.63) is 35.4 Å². The standard InChI is InChI=1S/C9H9NO2S2/c10-9(13)14-5-6-1-3-7(4-2-6)8(11)12/h1-4H,5H2,(H2,10,13)(H,11,12). The van der Waals surface area contributed by atoms with Crippen LogP contribution in [-0.4, -0.2) is 15.4 Å². The quantitative estimate of drug-likeness (QED) is 0.772. The van der Waals surface area contributed by atoms with E-state index in [0.29, 0.717) is 10.1 Å². The average molecular weight is 227 g/mol. The van der Waals surface area contributed by atoms with E-state index in [1.54, 1.807) is 24.3 Å². The number of carbonyl (C=O) groups is 1. The molecule has 0 bridgehead atoms. The fraction of sp³-hybridized carbons (Fsp3) is 0.111. The summed E-state index contributed by atoms with van der Waals surface area (Å²) in [5.74, 6) is -0.242. The highest BCUT2D eigenvalue weighted by atomic mass is 32.2. The third kappa shape index (κ3) is 3.35. The van der Waals surface area contributed by atoms with Crippen molar-refractivity contribution < 1.29 is 9.90 Å². The molecule has 14 heavy (non-hydrogen) atoms. The van der Waals surface area contributed by atoms with Crippen molar-refractivity contribution in [2.75, 3.05) is 0 Å². The number of hydrogen-bond donors (Lipinski definition) is 2. The monoisotopic (exact) mass is 227 g/mol. The van der Waals surface area contributed by atoms with E-state index in [-0.39, 0.29) is 5.56 Å². The molecule has 1 aromatic rings. The molecular weight excluding hydrogens is 218 g/mol. The van der Waals surface area contributed by atoms with Gasteiger partial charge in [-0.1, -0.05) is 36.1 Å². The van der Waals surface area contributed by atoms with Crippen LogP contribution in [0.5, 0.6) is 0 Å². The predicted octanol–water partition coefficient (Wildman–Crippen LogP) is 1.86. The van der Waals surface area contributed by atoms with Gasteiger partial charge in [0.2, 0.25) is 0 Å². The second-order valence-electron chi connectivity index (χ2n) is 2.61. The Kier molecular flexibility index (Phi) is 3.91. The summed E-state index contributed by atoms with van der Waals surface area (Å²) in [6.07, 6.45) is 0. The molecule has 3 N–H and O–H groups in total. The number of carboxylic acids is 1. The van der Waals surface area contributed by atoms with E-state index in [2.05, 4.69) is 0 Å². The molecule has 0 aliphatic carbocycles. The molecule has 0 spiro atoms. The highest BCUT2D eigenvalue weighted by Crippen LogP contribution is 2.12. The van der Waals surface area contributed by atoms with E-state index in [0.717, 1.165) is 5.56 Å². The zero-order chi connectivity index (χ0) is 10.6. The van der Waals surface area contributed by atoms with Gasteiger partial charge in [0.15, 0.2) is 0 Å². The highest BCUT2D eigenvalue weighted by molar-refractivity contribution is 8.22. The van der Waals surface area contributed by atoms with Crippen LogP contribution in [0.3, 0.4) is 0 Å². The number of thiocarbonyl (C=S) groups is 1. The first-order valence-electron chi connectivity index (χ1n) is 3.84. The van der Waals surface area contributed by atoms with Crippen LogP contribution in [0.25, 0.3) is 0 Å². The fourth-order valence-corrected chi connectivity index (χ4v) is 1.58. The molecule has 0 atom stereocenters. The first-order chi connectivity index (χ1) is 6.59.